The number of hydrogen-bond donors (Lipinski definition) is 2. The lowest BCUT2D eigenvalue weighted by Gasteiger charge is -1.99. The Bertz CT molecular complexity index is 748. The molecule has 3 N–H and O–H groups in total. The van der Waals surface area contributed by atoms with Gasteiger partial charge in [-0.05, 0) is 29.8 Å². The third-order valence-electron chi connectivity index (χ3n) is 2.47. The summed E-state index contributed by atoms with van der Waals surface area (Å²) in [7, 11) is 0. The summed E-state index contributed by atoms with van der Waals surface area (Å²) in [6, 6.07) is 5.34. The molecule has 3 aromatic heterocycles. The maximum atomic E-state index is 11.1. The summed E-state index contributed by atoms with van der Waals surface area (Å²) >= 11 is 7.15. The van der Waals surface area contributed by atoms with Gasteiger partial charge in [-0.2, -0.15) is 4.98 Å². The number of halogens is 1. The molecule has 7 heteroatoms. The number of primary amides is 1. The lowest BCUT2D eigenvalue weighted by Crippen LogP contribution is -2.07. The van der Waals surface area contributed by atoms with Crippen LogP contribution in [0.5, 0.6) is 0 Å². The van der Waals surface area contributed by atoms with Crippen LogP contribution in [0.2, 0.25) is 5.28 Å². The van der Waals surface area contributed by atoms with E-state index in [2.05, 4.69) is 15.0 Å². The van der Waals surface area contributed by atoms with E-state index < -0.39 is 5.91 Å². The zero-order valence-electron chi connectivity index (χ0n) is 8.98. The Hall–Kier alpha value is -1.92. The van der Waals surface area contributed by atoms with Gasteiger partial charge in [-0.1, -0.05) is 0 Å². The molecule has 0 saturated carbocycles. The van der Waals surface area contributed by atoms with E-state index in [1.54, 1.807) is 18.3 Å². The van der Waals surface area contributed by atoms with Gasteiger partial charge < -0.3 is 10.7 Å². The first-order valence-electron chi connectivity index (χ1n) is 5.06. The monoisotopic (exact) mass is 278 g/mol. The van der Waals surface area contributed by atoms with Crippen molar-refractivity contribution < 1.29 is 4.79 Å². The van der Waals surface area contributed by atoms with Crippen LogP contribution in [0.4, 0.5) is 0 Å². The highest BCUT2D eigenvalue weighted by molar-refractivity contribution is 7.17. The van der Waals surface area contributed by atoms with Gasteiger partial charge >= 0.3 is 0 Å². The largest absolute Gasteiger partial charge is 0.365 e. The molecule has 1 amide bonds. The van der Waals surface area contributed by atoms with E-state index in [1.165, 1.54) is 11.3 Å². The number of hydrogen-bond acceptors (Lipinski definition) is 4. The van der Waals surface area contributed by atoms with Crippen LogP contribution in [0, 0.1) is 0 Å². The van der Waals surface area contributed by atoms with Gasteiger partial charge in [-0.15, -0.1) is 11.3 Å². The van der Waals surface area contributed by atoms with Gasteiger partial charge in [0.2, 0.25) is 5.28 Å². The van der Waals surface area contributed by atoms with Crippen molar-refractivity contribution in [1.29, 1.82) is 0 Å². The molecule has 0 spiro atoms. The highest BCUT2D eigenvalue weighted by Gasteiger charge is 2.13. The number of fused-ring (bicyclic) bond motifs is 1. The second kappa shape index (κ2) is 4.08. The van der Waals surface area contributed by atoms with Crippen LogP contribution < -0.4 is 5.73 Å². The predicted molar refractivity (Wildman–Crippen MR) is 70.7 cm³/mol. The molecule has 18 heavy (non-hydrogen) atoms. The van der Waals surface area contributed by atoms with Crippen molar-refractivity contribution >= 4 is 39.9 Å². The minimum absolute atomic E-state index is 0.161. The number of thiophene rings is 1. The minimum Gasteiger partial charge on any atom is -0.365 e. The van der Waals surface area contributed by atoms with Crippen molar-refractivity contribution in [2.45, 2.75) is 0 Å². The standard InChI is InChI=1S/C11H7ClN4OS/c12-11-15-8(5-3-4-14-10(5)16-11)6-1-2-7(18-6)9(13)17/h1-4H,(H2,13,17)(H,14,15,16). The predicted octanol–water partition coefficient (Wildman–Crippen LogP) is 2.44. The molecular formula is C11H7ClN4OS. The lowest BCUT2D eigenvalue weighted by molar-refractivity contribution is 0.100. The zero-order valence-corrected chi connectivity index (χ0v) is 10.5. The van der Waals surface area contributed by atoms with Crippen LogP contribution in [0.3, 0.4) is 0 Å². The fraction of sp³-hybridized carbons (Fsp3) is 0. The molecule has 0 atom stereocenters. The Balaban J connectivity index is 2.23. The van der Waals surface area contributed by atoms with Crippen LogP contribution in [0.1, 0.15) is 9.67 Å². The number of nitrogens with two attached hydrogens (primary N) is 1. The van der Waals surface area contributed by atoms with Crippen LogP contribution >= 0.6 is 22.9 Å². The Morgan fingerprint density at radius 2 is 2.17 bits per heavy atom. The zero-order chi connectivity index (χ0) is 12.7. The molecule has 0 aliphatic heterocycles. The van der Waals surface area contributed by atoms with Crippen LogP contribution in [0.15, 0.2) is 24.4 Å². The maximum Gasteiger partial charge on any atom is 0.258 e. The lowest BCUT2D eigenvalue weighted by atomic mass is 10.2. The van der Waals surface area contributed by atoms with Crippen LogP contribution in [-0.2, 0) is 0 Å². The molecule has 3 rings (SSSR count). The summed E-state index contributed by atoms with van der Waals surface area (Å²) < 4.78 is 0. The first-order chi connectivity index (χ1) is 8.65. The van der Waals surface area contributed by atoms with E-state index in [1.807, 2.05) is 6.07 Å². The number of aromatic amines is 1. The van der Waals surface area contributed by atoms with Crippen molar-refractivity contribution in [2.75, 3.05) is 0 Å². The van der Waals surface area contributed by atoms with Crippen molar-refractivity contribution in [3.63, 3.8) is 0 Å². The van der Waals surface area contributed by atoms with Gasteiger partial charge in [0.1, 0.15) is 5.65 Å². The highest BCUT2D eigenvalue weighted by Crippen LogP contribution is 2.32. The number of aromatic nitrogens is 3. The van der Waals surface area contributed by atoms with Crippen molar-refractivity contribution in [3.05, 3.63) is 34.6 Å². The highest BCUT2D eigenvalue weighted by atomic mass is 35.5. The summed E-state index contributed by atoms with van der Waals surface area (Å²) in [5, 5.41) is 1.02. The van der Waals surface area contributed by atoms with E-state index in [9.17, 15) is 4.79 Å². The molecule has 0 aliphatic rings. The SMILES string of the molecule is NC(=O)c1ccc(-c2nc(Cl)nc3[nH]ccc23)s1. The number of rotatable bonds is 2. The van der Waals surface area contributed by atoms with Gasteiger partial charge in [0.15, 0.2) is 0 Å². The molecule has 0 saturated heterocycles. The summed E-state index contributed by atoms with van der Waals surface area (Å²) in [4.78, 5) is 23.7. The van der Waals surface area contributed by atoms with Gasteiger partial charge in [-0.3, -0.25) is 4.79 Å². The van der Waals surface area contributed by atoms with Gasteiger partial charge in [0.25, 0.3) is 5.91 Å². The first kappa shape index (κ1) is 11.2. The number of H-pyrrole nitrogens is 1. The number of carbonyl (C=O) groups excluding carboxylic acids is 1. The molecule has 0 fully saturated rings. The van der Waals surface area contributed by atoms with Gasteiger partial charge in [-0.25, -0.2) is 4.98 Å². The van der Waals surface area contributed by atoms with E-state index in [4.69, 9.17) is 17.3 Å². The maximum absolute atomic E-state index is 11.1. The molecular weight excluding hydrogens is 272 g/mol. The fourth-order valence-electron chi connectivity index (χ4n) is 1.70. The number of carbonyl (C=O) groups is 1. The molecule has 90 valence electrons. The average Bonchev–Trinajstić information content (AvgIpc) is 2.95. The molecule has 5 nitrogen and oxygen atoms in total. The van der Waals surface area contributed by atoms with E-state index in [-0.39, 0.29) is 5.28 Å². The molecule has 0 aliphatic carbocycles. The number of nitrogens with one attached hydrogen (secondary N) is 1. The van der Waals surface area contributed by atoms with E-state index in [0.29, 0.717) is 16.2 Å². The molecule has 3 aromatic rings. The number of amides is 1. The molecule has 0 aromatic carbocycles. The smallest absolute Gasteiger partial charge is 0.258 e. The first-order valence-corrected chi connectivity index (χ1v) is 6.25. The summed E-state index contributed by atoms with van der Waals surface area (Å²) in [5.41, 5.74) is 6.60. The number of nitrogens with zero attached hydrogens (tertiary/aromatic N) is 2. The summed E-state index contributed by atoms with van der Waals surface area (Å²) in [6.45, 7) is 0. The summed E-state index contributed by atoms with van der Waals surface area (Å²) in [6.07, 6.45) is 1.77. The Kier molecular flexibility index (Phi) is 2.53. The van der Waals surface area contributed by atoms with Gasteiger partial charge in [0.05, 0.1) is 15.4 Å². The second-order valence-electron chi connectivity index (χ2n) is 3.61. The quantitative estimate of drug-likeness (QED) is 0.706. The van der Waals surface area contributed by atoms with E-state index in [0.717, 1.165) is 10.3 Å². The second-order valence-corrected chi connectivity index (χ2v) is 5.03. The fourth-order valence-corrected chi connectivity index (χ4v) is 2.73. The van der Waals surface area contributed by atoms with Crippen molar-refractivity contribution in [1.82, 2.24) is 15.0 Å². The van der Waals surface area contributed by atoms with E-state index >= 15 is 0 Å². The molecule has 0 radical (unpaired) electrons. The molecule has 0 unspecified atom stereocenters. The van der Waals surface area contributed by atoms with Crippen molar-refractivity contribution in [2.24, 2.45) is 5.73 Å². The summed E-state index contributed by atoms with van der Waals surface area (Å²) in [5.74, 6) is -0.447. The Morgan fingerprint density at radius 3 is 2.89 bits per heavy atom. The van der Waals surface area contributed by atoms with Crippen LogP contribution in [0.25, 0.3) is 21.6 Å². The Morgan fingerprint density at radius 1 is 1.33 bits per heavy atom. The molecule has 3 heterocycles. The topological polar surface area (TPSA) is 84.7 Å². The van der Waals surface area contributed by atoms with Crippen LogP contribution in [-0.4, -0.2) is 20.9 Å². The minimum atomic E-state index is -0.447. The molecule has 0 bridgehead atoms. The third-order valence-corrected chi connectivity index (χ3v) is 3.75. The third kappa shape index (κ3) is 1.75. The Labute approximate surface area is 111 Å². The normalized spacial score (nSPS) is 10.9. The van der Waals surface area contributed by atoms with Gasteiger partial charge in [0, 0.05) is 11.6 Å². The average molecular weight is 279 g/mol. The van der Waals surface area contributed by atoms with Crippen molar-refractivity contribution in [3.8, 4) is 10.6 Å².